The minimum Gasteiger partial charge on any atom is -0.483 e. The van der Waals surface area contributed by atoms with E-state index in [1.165, 1.54) is 0 Å². The number of likely N-dealkylation sites (N-methyl/N-ethyl adjacent to an activating group) is 1. The number of rotatable bonds is 7. The van der Waals surface area contributed by atoms with Gasteiger partial charge in [0.25, 0.3) is 5.91 Å². The third-order valence-electron chi connectivity index (χ3n) is 2.36. The normalized spacial score (nSPS) is 10.2. The van der Waals surface area contributed by atoms with E-state index in [2.05, 4.69) is 10.6 Å². The molecule has 1 amide bonds. The Balaban J connectivity index is 2.68. The molecule has 0 aromatic heterocycles. The van der Waals surface area contributed by atoms with Crippen LogP contribution in [0, 0.1) is 0 Å². The van der Waals surface area contributed by atoms with Crippen LogP contribution in [0.4, 0.5) is 0 Å². The lowest BCUT2D eigenvalue weighted by atomic mass is 10.2. The van der Waals surface area contributed by atoms with Gasteiger partial charge in [-0.2, -0.15) is 0 Å². The first-order valence-electron chi connectivity index (χ1n) is 6.06. The average molecular weight is 271 g/mol. The van der Waals surface area contributed by atoms with E-state index in [4.69, 9.17) is 16.3 Å². The van der Waals surface area contributed by atoms with Crippen LogP contribution in [-0.2, 0) is 11.3 Å². The van der Waals surface area contributed by atoms with Crippen LogP contribution in [0.5, 0.6) is 5.75 Å². The van der Waals surface area contributed by atoms with Crippen LogP contribution in [0.1, 0.15) is 19.4 Å². The second-order valence-corrected chi connectivity index (χ2v) is 4.15. The molecule has 0 aliphatic rings. The molecular weight excluding hydrogens is 252 g/mol. The molecule has 0 saturated heterocycles. The lowest BCUT2D eigenvalue weighted by Gasteiger charge is -2.13. The standard InChI is InChI=1S/C13H19ClN2O2/c1-3-15-8-10-11(14)6-5-7-12(10)18-9-13(17)16-4-2/h5-7,15H,3-4,8-9H2,1-2H3,(H,16,17). The SMILES string of the molecule is CCNCc1c(Cl)cccc1OCC(=O)NCC. The summed E-state index contributed by atoms with van der Waals surface area (Å²) in [7, 11) is 0. The molecule has 0 radical (unpaired) electrons. The number of halogens is 1. The molecule has 2 N–H and O–H groups in total. The van der Waals surface area contributed by atoms with Gasteiger partial charge in [-0.05, 0) is 25.6 Å². The molecule has 0 saturated carbocycles. The maximum atomic E-state index is 11.3. The second kappa shape index (κ2) is 7.95. The van der Waals surface area contributed by atoms with Crippen molar-refractivity contribution in [1.82, 2.24) is 10.6 Å². The van der Waals surface area contributed by atoms with E-state index in [0.717, 1.165) is 12.1 Å². The van der Waals surface area contributed by atoms with E-state index in [1.807, 2.05) is 32.0 Å². The summed E-state index contributed by atoms with van der Waals surface area (Å²) in [6, 6.07) is 5.44. The maximum Gasteiger partial charge on any atom is 0.257 e. The molecule has 0 aliphatic carbocycles. The highest BCUT2D eigenvalue weighted by Gasteiger charge is 2.09. The molecule has 5 heteroatoms. The number of ether oxygens (including phenoxy) is 1. The highest BCUT2D eigenvalue weighted by Crippen LogP contribution is 2.26. The van der Waals surface area contributed by atoms with E-state index >= 15 is 0 Å². The molecule has 18 heavy (non-hydrogen) atoms. The zero-order valence-electron chi connectivity index (χ0n) is 10.8. The van der Waals surface area contributed by atoms with Gasteiger partial charge in [0.05, 0.1) is 0 Å². The predicted octanol–water partition coefficient (Wildman–Crippen LogP) is 1.96. The number of hydrogen-bond donors (Lipinski definition) is 2. The Morgan fingerprint density at radius 1 is 1.33 bits per heavy atom. The van der Waals surface area contributed by atoms with Gasteiger partial charge < -0.3 is 15.4 Å². The second-order valence-electron chi connectivity index (χ2n) is 3.74. The van der Waals surface area contributed by atoms with E-state index in [1.54, 1.807) is 0 Å². The molecule has 1 aromatic carbocycles. The highest BCUT2D eigenvalue weighted by atomic mass is 35.5. The van der Waals surface area contributed by atoms with Gasteiger partial charge in [0.1, 0.15) is 5.75 Å². The molecule has 1 rings (SSSR count). The Morgan fingerprint density at radius 3 is 2.78 bits per heavy atom. The summed E-state index contributed by atoms with van der Waals surface area (Å²) in [6.07, 6.45) is 0. The van der Waals surface area contributed by atoms with Crippen LogP contribution in [0.15, 0.2) is 18.2 Å². The number of amides is 1. The van der Waals surface area contributed by atoms with Crippen molar-refractivity contribution in [3.63, 3.8) is 0 Å². The van der Waals surface area contributed by atoms with Gasteiger partial charge in [0.2, 0.25) is 0 Å². The number of nitrogens with one attached hydrogen (secondary N) is 2. The molecule has 0 atom stereocenters. The molecule has 100 valence electrons. The number of hydrogen-bond acceptors (Lipinski definition) is 3. The molecule has 1 aromatic rings. The zero-order chi connectivity index (χ0) is 13.4. The summed E-state index contributed by atoms with van der Waals surface area (Å²) in [4.78, 5) is 11.3. The van der Waals surface area contributed by atoms with Crippen molar-refractivity contribution in [2.75, 3.05) is 19.7 Å². The van der Waals surface area contributed by atoms with Gasteiger partial charge in [-0.3, -0.25) is 4.79 Å². The first-order chi connectivity index (χ1) is 8.69. The van der Waals surface area contributed by atoms with Crippen molar-refractivity contribution in [2.24, 2.45) is 0 Å². The third-order valence-corrected chi connectivity index (χ3v) is 2.71. The van der Waals surface area contributed by atoms with Crippen molar-refractivity contribution >= 4 is 17.5 Å². The molecular formula is C13H19ClN2O2. The van der Waals surface area contributed by atoms with Crippen molar-refractivity contribution in [3.8, 4) is 5.75 Å². The topological polar surface area (TPSA) is 50.4 Å². The van der Waals surface area contributed by atoms with Crippen molar-refractivity contribution < 1.29 is 9.53 Å². The lowest BCUT2D eigenvalue weighted by molar-refractivity contribution is -0.122. The highest BCUT2D eigenvalue weighted by molar-refractivity contribution is 6.31. The lowest BCUT2D eigenvalue weighted by Crippen LogP contribution is -2.28. The van der Waals surface area contributed by atoms with E-state index in [9.17, 15) is 4.79 Å². The largest absolute Gasteiger partial charge is 0.483 e. The van der Waals surface area contributed by atoms with Gasteiger partial charge in [-0.15, -0.1) is 0 Å². The number of carbonyl (C=O) groups is 1. The Morgan fingerprint density at radius 2 is 2.11 bits per heavy atom. The Hall–Kier alpha value is -1.26. The number of benzene rings is 1. The predicted molar refractivity (Wildman–Crippen MR) is 73.0 cm³/mol. The Kier molecular flexibility index (Phi) is 6.54. The fourth-order valence-electron chi connectivity index (χ4n) is 1.49. The summed E-state index contributed by atoms with van der Waals surface area (Å²) >= 11 is 6.12. The van der Waals surface area contributed by atoms with E-state index in [0.29, 0.717) is 23.9 Å². The van der Waals surface area contributed by atoms with Crippen LogP contribution in [0.25, 0.3) is 0 Å². The zero-order valence-corrected chi connectivity index (χ0v) is 11.5. The quantitative estimate of drug-likeness (QED) is 0.796. The first kappa shape index (κ1) is 14.8. The van der Waals surface area contributed by atoms with Crippen molar-refractivity contribution in [1.29, 1.82) is 0 Å². The summed E-state index contributed by atoms with van der Waals surface area (Å²) < 4.78 is 5.49. The first-order valence-corrected chi connectivity index (χ1v) is 6.44. The van der Waals surface area contributed by atoms with Crippen LogP contribution in [-0.4, -0.2) is 25.6 Å². The summed E-state index contributed by atoms with van der Waals surface area (Å²) in [5, 5.41) is 6.52. The minimum atomic E-state index is -0.133. The maximum absolute atomic E-state index is 11.3. The third kappa shape index (κ3) is 4.55. The molecule has 0 heterocycles. The monoisotopic (exact) mass is 270 g/mol. The minimum absolute atomic E-state index is 0.00725. The molecule has 4 nitrogen and oxygen atoms in total. The fourth-order valence-corrected chi connectivity index (χ4v) is 1.72. The van der Waals surface area contributed by atoms with Gasteiger partial charge in [0.15, 0.2) is 6.61 Å². The molecule has 0 unspecified atom stereocenters. The summed E-state index contributed by atoms with van der Waals surface area (Å²) in [5.74, 6) is 0.515. The Labute approximate surface area is 113 Å². The van der Waals surface area contributed by atoms with Crippen LogP contribution in [0.2, 0.25) is 5.02 Å². The smallest absolute Gasteiger partial charge is 0.257 e. The summed E-state index contributed by atoms with van der Waals surface area (Å²) in [6.45, 7) is 5.97. The fraction of sp³-hybridized carbons (Fsp3) is 0.462. The number of carbonyl (C=O) groups excluding carboxylic acids is 1. The van der Waals surface area contributed by atoms with E-state index in [-0.39, 0.29) is 12.5 Å². The molecule has 0 spiro atoms. The van der Waals surface area contributed by atoms with Crippen molar-refractivity contribution in [2.45, 2.75) is 20.4 Å². The Bertz CT molecular complexity index is 397. The molecule has 0 bridgehead atoms. The van der Waals surface area contributed by atoms with Gasteiger partial charge >= 0.3 is 0 Å². The van der Waals surface area contributed by atoms with Crippen molar-refractivity contribution in [3.05, 3.63) is 28.8 Å². The van der Waals surface area contributed by atoms with E-state index < -0.39 is 0 Å². The summed E-state index contributed by atoms with van der Waals surface area (Å²) in [5.41, 5.74) is 0.880. The average Bonchev–Trinajstić information content (AvgIpc) is 2.35. The van der Waals surface area contributed by atoms with Crippen LogP contribution in [0.3, 0.4) is 0 Å². The van der Waals surface area contributed by atoms with Crippen LogP contribution < -0.4 is 15.4 Å². The van der Waals surface area contributed by atoms with Crippen LogP contribution >= 0.6 is 11.6 Å². The van der Waals surface area contributed by atoms with Gasteiger partial charge in [0, 0.05) is 23.7 Å². The van der Waals surface area contributed by atoms with Gasteiger partial charge in [-0.1, -0.05) is 24.6 Å². The molecule has 0 fully saturated rings. The van der Waals surface area contributed by atoms with Gasteiger partial charge in [-0.25, -0.2) is 0 Å². The molecule has 0 aliphatic heterocycles.